The summed E-state index contributed by atoms with van der Waals surface area (Å²) in [6.45, 7) is -0.729. The monoisotopic (exact) mass is 183 g/mol. The molecule has 0 rings (SSSR count). The molecule has 5 heteroatoms. The van der Waals surface area contributed by atoms with Gasteiger partial charge in [0.2, 0.25) is 0 Å². The van der Waals surface area contributed by atoms with Gasteiger partial charge in [0.15, 0.2) is 0 Å². The van der Waals surface area contributed by atoms with Crippen molar-refractivity contribution in [3.05, 3.63) is 0 Å². The van der Waals surface area contributed by atoms with E-state index in [-0.39, 0.29) is 18.7 Å². The fourth-order valence-corrected chi connectivity index (χ4v) is 0.0577. The lowest BCUT2D eigenvalue weighted by Gasteiger charge is -2.14. The molecule has 0 aliphatic heterocycles. The van der Waals surface area contributed by atoms with Crippen molar-refractivity contribution < 1.29 is 25.3 Å². The van der Waals surface area contributed by atoms with Crippen LogP contribution in [-0.4, -0.2) is 72.8 Å². The molecule has 12 heavy (non-hydrogen) atoms. The molecule has 0 bridgehead atoms. The summed E-state index contributed by atoms with van der Waals surface area (Å²) in [6, 6.07) is 0. The molecule has 0 atom stereocenters. The Morgan fingerprint density at radius 3 is 1.17 bits per heavy atom. The average Bonchev–Trinajstić information content (AvgIpc) is 1.83. The van der Waals surface area contributed by atoms with Gasteiger partial charge >= 0.3 is 0 Å². The summed E-state index contributed by atoms with van der Waals surface area (Å²) >= 11 is 0. The standard InChI is InChI=1S/C4H12N.C3H8O3.H2O/c1-5(2,3)4;4-1-3(6)2-5;/h1-4H3;3-6H,1-2H2;1H2/q+1;;/p-1. The number of nitrogens with zero attached hydrogens (tertiary/aromatic N) is 1. The Morgan fingerprint density at radius 1 is 1.00 bits per heavy atom. The maximum absolute atomic E-state index is 8.17. The molecule has 0 unspecified atom stereocenters. The summed E-state index contributed by atoms with van der Waals surface area (Å²) in [6.07, 6.45) is -0.954. The molecule has 0 fully saturated rings. The summed E-state index contributed by atoms with van der Waals surface area (Å²) in [5, 5.41) is 24.0. The minimum atomic E-state index is -0.954. The predicted molar refractivity (Wildman–Crippen MR) is 46.1 cm³/mol. The van der Waals surface area contributed by atoms with Gasteiger partial charge in [-0.3, -0.25) is 0 Å². The Labute approximate surface area is 73.8 Å². The van der Waals surface area contributed by atoms with E-state index in [0.29, 0.717) is 0 Å². The van der Waals surface area contributed by atoms with Crippen LogP contribution in [0.1, 0.15) is 0 Å². The third-order valence-electron chi connectivity index (χ3n) is 0.421. The van der Waals surface area contributed by atoms with Crippen LogP contribution < -0.4 is 0 Å². The van der Waals surface area contributed by atoms with E-state index in [0.717, 1.165) is 4.48 Å². The third kappa shape index (κ3) is 52.6. The Kier molecular flexibility index (Phi) is 13.2. The fourth-order valence-electron chi connectivity index (χ4n) is 0.0577. The summed E-state index contributed by atoms with van der Waals surface area (Å²) in [5.41, 5.74) is 0. The van der Waals surface area contributed by atoms with Gasteiger partial charge < -0.3 is 25.3 Å². The number of quaternary nitrogens is 1. The fraction of sp³-hybridized carbons (Fsp3) is 1.00. The first-order valence-electron chi connectivity index (χ1n) is 3.50. The highest BCUT2D eigenvalue weighted by Crippen LogP contribution is 1.73. The van der Waals surface area contributed by atoms with Gasteiger partial charge in [-0.15, -0.1) is 0 Å². The van der Waals surface area contributed by atoms with E-state index in [9.17, 15) is 0 Å². The molecule has 0 aliphatic rings. The minimum Gasteiger partial charge on any atom is -0.870 e. The molecule has 0 heterocycles. The summed E-state index contributed by atoms with van der Waals surface area (Å²) < 4.78 is 1.00. The van der Waals surface area contributed by atoms with Crippen molar-refractivity contribution in [2.45, 2.75) is 6.10 Å². The van der Waals surface area contributed by atoms with Crippen LogP contribution in [0.25, 0.3) is 0 Å². The van der Waals surface area contributed by atoms with Crippen LogP contribution in [0.2, 0.25) is 0 Å². The molecule has 0 saturated carbocycles. The topological polar surface area (TPSA) is 90.7 Å². The third-order valence-corrected chi connectivity index (χ3v) is 0.421. The minimum absolute atomic E-state index is 0. The Bertz CT molecular complexity index is 72.0. The highest BCUT2D eigenvalue weighted by atomic mass is 16.3. The van der Waals surface area contributed by atoms with Crippen LogP contribution in [0.3, 0.4) is 0 Å². The van der Waals surface area contributed by atoms with E-state index in [1.807, 2.05) is 0 Å². The molecule has 78 valence electrons. The Morgan fingerprint density at radius 2 is 1.17 bits per heavy atom. The number of aliphatic hydroxyl groups is 3. The molecule has 0 radical (unpaired) electrons. The first-order valence-corrected chi connectivity index (χ1v) is 3.50. The van der Waals surface area contributed by atoms with Gasteiger partial charge in [-0.1, -0.05) is 0 Å². The maximum Gasteiger partial charge on any atom is 0.100 e. The van der Waals surface area contributed by atoms with Crippen LogP contribution in [0.15, 0.2) is 0 Å². The summed E-state index contributed by atoms with van der Waals surface area (Å²) in [5.74, 6) is 0. The SMILES string of the molecule is C[N+](C)(C)C.OCC(O)CO.[OH-]. The molecule has 0 saturated heterocycles. The van der Waals surface area contributed by atoms with Crippen molar-refractivity contribution in [1.82, 2.24) is 0 Å². The second-order valence-electron chi connectivity index (χ2n) is 3.70. The van der Waals surface area contributed by atoms with E-state index in [2.05, 4.69) is 28.2 Å². The average molecular weight is 183 g/mol. The van der Waals surface area contributed by atoms with Gasteiger partial charge in [0.1, 0.15) is 6.10 Å². The van der Waals surface area contributed by atoms with E-state index in [1.165, 1.54) is 0 Å². The van der Waals surface area contributed by atoms with E-state index < -0.39 is 6.10 Å². The zero-order valence-corrected chi connectivity index (χ0v) is 8.23. The zero-order valence-electron chi connectivity index (χ0n) is 8.23. The first kappa shape index (κ1) is 17.8. The van der Waals surface area contributed by atoms with Crippen molar-refractivity contribution in [3.8, 4) is 0 Å². The van der Waals surface area contributed by atoms with Gasteiger partial charge in [0, 0.05) is 0 Å². The first-order chi connectivity index (χ1) is 4.81. The number of hydrogen-bond donors (Lipinski definition) is 3. The highest BCUT2D eigenvalue weighted by Gasteiger charge is 1.93. The van der Waals surface area contributed by atoms with Gasteiger partial charge in [0.25, 0.3) is 0 Å². The Balaban J connectivity index is -0.000000126. The second kappa shape index (κ2) is 8.89. The second-order valence-corrected chi connectivity index (χ2v) is 3.70. The molecular weight excluding hydrogens is 162 g/mol. The predicted octanol–water partition coefficient (Wildman–Crippen LogP) is -1.52. The van der Waals surface area contributed by atoms with Crippen molar-refractivity contribution >= 4 is 0 Å². The van der Waals surface area contributed by atoms with Crippen molar-refractivity contribution in [2.75, 3.05) is 41.4 Å². The van der Waals surface area contributed by atoms with Crippen LogP contribution >= 0.6 is 0 Å². The quantitative estimate of drug-likeness (QED) is 0.453. The summed E-state index contributed by atoms with van der Waals surface area (Å²) in [4.78, 5) is 0. The van der Waals surface area contributed by atoms with Gasteiger partial charge in [-0.25, -0.2) is 0 Å². The number of rotatable bonds is 2. The lowest BCUT2D eigenvalue weighted by atomic mass is 10.4. The normalized spacial score (nSPS) is 10.0. The smallest absolute Gasteiger partial charge is 0.100 e. The Hall–Kier alpha value is -0.200. The maximum atomic E-state index is 8.17. The molecule has 0 aromatic carbocycles. The van der Waals surface area contributed by atoms with Gasteiger partial charge in [-0.2, -0.15) is 0 Å². The van der Waals surface area contributed by atoms with Crippen LogP contribution in [0.5, 0.6) is 0 Å². The number of hydrogen-bond acceptors (Lipinski definition) is 4. The van der Waals surface area contributed by atoms with Crippen molar-refractivity contribution in [3.63, 3.8) is 0 Å². The van der Waals surface area contributed by atoms with Crippen LogP contribution in [0, 0.1) is 0 Å². The molecule has 0 aromatic rings. The van der Waals surface area contributed by atoms with Gasteiger partial charge in [0.05, 0.1) is 41.4 Å². The molecular formula is C7H21NO4. The zero-order chi connectivity index (χ0) is 9.49. The van der Waals surface area contributed by atoms with Gasteiger partial charge in [-0.05, 0) is 0 Å². The lowest BCUT2D eigenvalue weighted by molar-refractivity contribution is -0.849. The molecule has 5 nitrogen and oxygen atoms in total. The van der Waals surface area contributed by atoms with Crippen LogP contribution in [-0.2, 0) is 0 Å². The van der Waals surface area contributed by atoms with Crippen LogP contribution in [0.4, 0.5) is 0 Å². The largest absolute Gasteiger partial charge is 0.870 e. The lowest BCUT2D eigenvalue weighted by Crippen LogP contribution is -2.27. The molecule has 0 amide bonds. The number of aliphatic hydroxyl groups excluding tert-OH is 3. The van der Waals surface area contributed by atoms with Crippen molar-refractivity contribution in [2.24, 2.45) is 0 Å². The highest BCUT2D eigenvalue weighted by molar-refractivity contribution is 4.43. The molecule has 0 aromatic heterocycles. The van der Waals surface area contributed by atoms with Crippen molar-refractivity contribution in [1.29, 1.82) is 0 Å². The molecule has 4 N–H and O–H groups in total. The van der Waals surface area contributed by atoms with E-state index in [4.69, 9.17) is 15.3 Å². The summed E-state index contributed by atoms with van der Waals surface area (Å²) in [7, 11) is 8.50. The van der Waals surface area contributed by atoms with E-state index >= 15 is 0 Å². The molecule has 0 spiro atoms. The molecule has 0 aliphatic carbocycles. The van der Waals surface area contributed by atoms with E-state index in [1.54, 1.807) is 0 Å².